The zero-order chi connectivity index (χ0) is 11.1. The van der Waals surface area contributed by atoms with Gasteiger partial charge in [0, 0.05) is 25.2 Å². The van der Waals surface area contributed by atoms with E-state index in [4.69, 9.17) is 5.73 Å². The van der Waals surface area contributed by atoms with E-state index in [9.17, 15) is 0 Å². The molecule has 0 spiro atoms. The first-order valence-electron chi connectivity index (χ1n) is 6.41. The Bertz CT molecular complexity index is 153. The van der Waals surface area contributed by atoms with E-state index in [1.807, 2.05) is 0 Å². The van der Waals surface area contributed by atoms with Crippen LogP contribution in [0.4, 0.5) is 0 Å². The van der Waals surface area contributed by atoms with Gasteiger partial charge in [0.15, 0.2) is 0 Å². The smallest absolute Gasteiger partial charge is 0.0107 e. The largest absolute Gasteiger partial charge is 0.329 e. The molecule has 0 amide bonds. The number of piperidine rings is 1. The van der Waals surface area contributed by atoms with E-state index in [-0.39, 0.29) is 0 Å². The van der Waals surface area contributed by atoms with Crippen molar-refractivity contribution in [3.05, 3.63) is 0 Å². The number of nitrogens with zero attached hydrogens (tertiary/aromatic N) is 1. The molecule has 1 unspecified atom stereocenters. The summed E-state index contributed by atoms with van der Waals surface area (Å²) in [5, 5.41) is 3.60. The number of hydrogen-bond donors (Lipinski definition) is 2. The Kier molecular flexibility index (Phi) is 6.22. The third-order valence-corrected chi connectivity index (χ3v) is 3.32. The molecule has 1 aliphatic rings. The van der Waals surface area contributed by atoms with Crippen LogP contribution in [0.25, 0.3) is 0 Å². The minimum atomic E-state index is 0.622. The molecular formula is C12H27N3. The predicted octanol–water partition coefficient (Wildman–Crippen LogP) is 1.19. The van der Waals surface area contributed by atoms with Crippen LogP contribution in [0, 0.1) is 0 Å². The molecular weight excluding hydrogens is 186 g/mol. The average molecular weight is 213 g/mol. The maximum Gasteiger partial charge on any atom is 0.0107 e. The molecule has 0 aromatic carbocycles. The van der Waals surface area contributed by atoms with Gasteiger partial charge in [-0.3, -0.25) is 4.90 Å². The van der Waals surface area contributed by atoms with Crippen molar-refractivity contribution in [2.24, 2.45) is 5.73 Å². The van der Waals surface area contributed by atoms with E-state index >= 15 is 0 Å². The molecule has 0 bridgehead atoms. The van der Waals surface area contributed by atoms with E-state index < -0.39 is 0 Å². The highest BCUT2D eigenvalue weighted by Gasteiger charge is 2.15. The molecule has 1 saturated heterocycles. The quantitative estimate of drug-likeness (QED) is 0.696. The normalized spacial score (nSPS) is 22.6. The molecule has 0 radical (unpaired) electrons. The highest BCUT2D eigenvalue weighted by atomic mass is 15.1. The van der Waals surface area contributed by atoms with Crippen LogP contribution in [0.15, 0.2) is 0 Å². The number of hydrogen-bond acceptors (Lipinski definition) is 3. The second kappa shape index (κ2) is 7.20. The number of nitrogens with one attached hydrogen (secondary N) is 1. The fourth-order valence-corrected chi connectivity index (χ4v) is 2.29. The molecule has 15 heavy (non-hydrogen) atoms. The standard InChI is InChI=1S/C12H27N3/c1-11(2)15(10-7-13)9-6-12-5-3-4-8-14-12/h11-12,14H,3-10,13H2,1-2H3. The van der Waals surface area contributed by atoms with Crippen LogP contribution >= 0.6 is 0 Å². The van der Waals surface area contributed by atoms with Gasteiger partial charge in [-0.15, -0.1) is 0 Å². The summed E-state index contributed by atoms with van der Waals surface area (Å²) in [5.74, 6) is 0. The van der Waals surface area contributed by atoms with Gasteiger partial charge in [0.1, 0.15) is 0 Å². The summed E-state index contributed by atoms with van der Waals surface area (Å²) >= 11 is 0. The summed E-state index contributed by atoms with van der Waals surface area (Å²) in [7, 11) is 0. The second-order valence-corrected chi connectivity index (χ2v) is 4.85. The summed E-state index contributed by atoms with van der Waals surface area (Å²) in [5.41, 5.74) is 5.62. The maximum absolute atomic E-state index is 5.62. The van der Waals surface area contributed by atoms with E-state index in [1.54, 1.807) is 0 Å². The van der Waals surface area contributed by atoms with Crippen LogP contribution in [0.5, 0.6) is 0 Å². The van der Waals surface area contributed by atoms with Crippen molar-refractivity contribution in [1.29, 1.82) is 0 Å². The van der Waals surface area contributed by atoms with Crippen LogP contribution in [0.2, 0.25) is 0 Å². The average Bonchev–Trinajstić information content (AvgIpc) is 2.25. The molecule has 1 fully saturated rings. The zero-order valence-corrected chi connectivity index (χ0v) is 10.3. The summed E-state index contributed by atoms with van der Waals surface area (Å²) < 4.78 is 0. The van der Waals surface area contributed by atoms with Crippen LogP contribution in [0.3, 0.4) is 0 Å². The topological polar surface area (TPSA) is 41.3 Å². The van der Waals surface area contributed by atoms with Crippen molar-refractivity contribution in [3.8, 4) is 0 Å². The van der Waals surface area contributed by atoms with Gasteiger partial charge >= 0.3 is 0 Å². The molecule has 0 aromatic heterocycles. The molecule has 0 aliphatic carbocycles. The maximum atomic E-state index is 5.62. The van der Waals surface area contributed by atoms with Gasteiger partial charge in [0.25, 0.3) is 0 Å². The lowest BCUT2D eigenvalue weighted by atomic mass is 10.0. The van der Waals surface area contributed by atoms with E-state index in [0.717, 1.165) is 19.1 Å². The Balaban J connectivity index is 2.19. The van der Waals surface area contributed by atoms with Gasteiger partial charge in [-0.25, -0.2) is 0 Å². The van der Waals surface area contributed by atoms with Gasteiger partial charge in [-0.05, 0) is 46.2 Å². The van der Waals surface area contributed by atoms with E-state index in [1.165, 1.54) is 38.8 Å². The van der Waals surface area contributed by atoms with Crippen molar-refractivity contribution in [2.75, 3.05) is 26.2 Å². The Morgan fingerprint density at radius 3 is 2.67 bits per heavy atom. The van der Waals surface area contributed by atoms with Crippen LogP contribution in [0.1, 0.15) is 39.5 Å². The highest BCUT2D eigenvalue weighted by Crippen LogP contribution is 2.11. The van der Waals surface area contributed by atoms with Crippen LogP contribution < -0.4 is 11.1 Å². The van der Waals surface area contributed by atoms with Crippen molar-refractivity contribution < 1.29 is 0 Å². The van der Waals surface area contributed by atoms with Gasteiger partial charge in [-0.1, -0.05) is 6.42 Å². The summed E-state index contributed by atoms with van der Waals surface area (Å²) in [6, 6.07) is 1.37. The molecule has 0 saturated carbocycles. The first-order valence-corrected chi connectivity index (χ1v) is 6.41. The monoisotopic (exact) mass is 213 g/mol. The predicted molar refractivity (Wildman–Crippen MR) is 66.0 cm³/mol. The number of nitrogens with two attached hydrogens (primary N) is 1. The fourth-order valence-electron chi connectivity index (χ4n) is 2.29. The zero-order valence-electron chi connectivity index (χ0n) is 10.3. The first-order chi connectivity index (χ1) is 7.24. The van der Waals surface area contributed by atoms with Gasteiger partial charge in [-0.2, -0.15) is 0 Å². The molecule has 3 N–H and O–H groups in total. The summed E-state index contributed by atoms with van der Waals surface area (Å²) in [6.07, 6.45) is 5.39. The summed E-state index contributed by atoms with van der Waals surface area (Å²) in [6.45, 7) is 8.71. The molecule has 90 valence electrons. The molecule has 1 atom stereocenters. The Morgan fingerprint density at radius 1 is 1.33 bits per heavy atom. The molecule has 1 rings (SSSR count). The number of rotatable bonds is 6. The van der Waals surface area contributed by atoms with Gasteiger partial charge in [0.05, 0.1) is 0 Å². The molecule has 3 nitrogen and oxygen atoms in total. The van der Waals surface area contributed by atoms with Crippen LogP contribution in [-0.4, -0.2) is 43.2 Å². The van der Waals surface area contributed by atoms with Crippen molar-refractivity contribution in [3.63, 3.8) is 0 Å². The molecule has 1 heterocycles. The molecule has 1 aliphatic heterocycles. The second-order valence-electron chi connectivity index (χ2n) is 4.85. The first kappa shape index (κ1) is 12.9. The van der Waals surface area contributed by atoms with Gasteiger partial charge < -0.3 is 11.1 Å². The molecule has 3 heteroatoms. The highest BCUT2D eigenvalue weighted by molar-refractivity contribution is 4.74. The Morgan fingerprint density at radius 2 is 2.13 bits per heavy atom. The summed E-state index contributed by atoms with van der Waals surface area (Å²) in [4.78, 5) is 2.48. The molecule has 0 aromatic rings. The fraction of sp³-hybridized carbons (Fsp3) is 1.00. The lowest BCUT2D eigenvalue weighted by molar-refractivity contribution is 0.209. The van der Waals surface area contributed by atoms with Crippen LogP contribution in [-0.2, 0) is 0 Å². The van der Waals surface area contributed by atoms with Crippen molar-refractivity contribution in [2.45, 2.75) is 51.6 Å². The van der Waals surface area contributed by atoms with E-state index in [2.05, 4.69) is 24.1 Å². The van der Waals surface area contributed by atoms with Crippen molar-refractivity contribution in [1.82, 2.24) is 10.2 Å². The Hall–Kier alpha value is -0.120. The lowest BCUT2D eigenvalue weighted by Crippen LogP contribution is -2.41. The lowest BCUT2D eigenvalue weighted by Gasteiger charge is -2.30. The minimum Gasteiger partial charge on any atom is -0.329 e. The third-order valence-electron chi connectivity index (χ3n) is 3.32. The van der Waals surface area contributed by atoms with Gasteiger partial charge in [0.2, 0.25) is 0 Å². The minimum absolute atomic E-state index is 0.622. The Labute approximate surface area is 94.4 Å². The SMILES string of the molecule is CC(C)N(CCN)CCC1CCCCN1. The van der Waals surface area contributed by atoms with Crippen molar-refractivity contribution >= 4 is 0 Å². The van der Waals surface area contributed by atoms with E-state index in [0.29, 0.717) is 6.04 Å². The third kappa shape index (κ3) is 4.96.